The summed E-state index contributed by atoms with van der Waals surface area (Å²) in [5.41, 5.74) is -0.833. The maximum atomic E-state index is 13.4. The van der Waals surface area contributed by atoms with E-state index >= 15 is 0 Å². The van der Waals surface area contributed by atoms with Gasteiger partial charge >= 0.3 is 0 Å². The lowest BCUT2D eigenvalue weighted by atomic mass is 10.2. The number of amides is 2. The predicted molar refractivity (Wildman–Crippen MR) is 73.7 cm³/mol. The number of anilines is 1. The Morgan fingerprint density at radius 3 is 2.09 bits per heavy atom. The van der Waals surface area contributed by atoms with E-state index in [-0.39, 0.29) is 5.56 Å². The zero-order valence-corrected chi connectivity index (χ0v) is 11.2. The molecule has 0 heterocycles. The third-order valence-electron chi connectivity index (χ3n) is 2.76. The van der Waals surface area contributed by atoms with E-state index in [1.807, 2.05) is 5.32 Å². The van der Waals surface area contributed by atoms with Gasteiger partial charge in [0.1, 0.15) is 23.1 Å². The third kappa shape index (κ3) is 3.63. The van der Waals surface area contributed by atoms with Gasteiger partial charge in [0.2, 0.25) is 5.91 Å². The van der Waals surface area contributed by atoms with E-state index < -0.39 is 41.5 Å². The quantitative estimate of drug-likeness (QED) is 0.911. The largest absolute Gasteiger partial charge is 0.343 e. The van der Waals surface area contributed by atoms with Gasteiger partial charge in [-0.25, -0.2) is 13.2 Å². The summed E-state index contributed by atoms with van der Waals surface area (Å²) >= 11 is 0. The van der Waals surface area contributed by atoms with Crippen molar-refractivity contribution in [1.82, 2.24) is 5.32 Å². The van der Waals surface area contributed by atoms with Crippen LogP contribution in [0.25, 0.3) is 0 Å². The highest BCUT2D eigenvalue weighted by atomic mass is 19.1. The van der Waals surface area contributed by atoms with Crippen LogP contribution in [0, 0.1) is 17.5 Å². The van der Waals surface area contributed by atoms with E-state index in [4.69, 9.17) is 0 Å². The van der Waals surface area contributed by atoms with Crippen LogP contribution in [0.5, 0.6) is 0 Å². The number of rotatable bonds is 4. The van der Waals surface area contributed by atoms with Gasteiger partial charge in [-0.2, -0.15) is 0 Å². The molecule has 0 saturated carbocycles. The van der Waals surface area contributed by atoms with E-state index in [1.54, 1.807) is 0 Å². The van der Waals surface area contributed by atoms with E-state index in [0.717, 1.165) is 24.3 Å². The number of carbonyl (C=O) groups excluding carboxylic acids is 2. The molecule has 114 valence electrons. The highest BCUT2D eigenvalue weighted by molar-refractivity contribution is 5.99. The summed E-state index contributed by atoms with van der Waals surface area (Å²) in [7, 11) is 0. The van der Waals surface area contributed by atoms with Gasteiger partial charge in [0, 0.05) is 0 Å². The maximum Gasteiger partial charge on any atom is 0.254 e. The van der Waals surface area contributed by atoms with Crippen LogP contribution in [0.3, 0.4) is 0 Å². The molecule has 0 atom stereocenters. The number of benzene rings is 2. The van der Waals surface area contributed by atoms with Gasteiger partial charge in [0.25, 0.3) is 5.91 Å². The van der Waals surface area contributed by atoms with Crippen molar-refractivity contribution in [3.63, 3.8) is 0 Å². The molecule has 22 heavy (non-hydrogen) atoms. The molecule has 2 amide bonds. The zero-order valence-electron chi connectivity index (χ0n) is 11.2. The monoisotopic (exact) mass is 308 g/mol. The third-order valence-corrected chi connectivity index (χ3v) is 2.76. The van der Waals surface area contributed by atoms with Gasteiger partial charge in [-0.1, -0.05) is 18.2 Å². The van der Waals surface area contributed by atoms with E-state index in [9.17, 15) is 22.8 Å². The van der Waals surface area contributed by atoms with Gasteiger partial charge in [0.15, 0.2) is 0 Å². The van der Waals surface area contributed by atoms with Crippen molar-refractivity contribution in [2.45, 2.75) is 0 Å². The Labute approximate surface area is 124 Å². The fraction of sp³-hybridized carbons (Fsp3) is 0.0667. The van der Waals surface area contributed by atoms with Crippen molar-refractivity contribution >= 4 is 17.5 Å². The molecular weight excluding hydrogens is 297 g/mol. The Bertz CT molecular complexity index is 699. The molecule has 0 saturated heterocycles. The summed E-state index contributed by atoms with van der Waals surface area (Å²) in [5, 5.41) is 4.17. The second-order valence-electron chi connectivity index (χ2n) is 4.31. The van der Waals surface area contributed by atoms with Crippen LogP contribution in [0.4, 0.5) is 18.9 Å². The lowest BCUT2D eigenvalue weighted by Gasteiger charge is -2.09. The SMILES string of the molecule is O=C(CNC(=O)c1ccccc1F)Nc1c(F)cccc1F. The van der Waals surface area contributed by atoms with Crippen LogP contribution in [-0.2, 0) is 4.79 Å². The Balaban J connectivity index is 1.96. The summed E-state index contributed by atoms with van der Waals surface area (Å²) in [4.78, 5) is 23.3. The number of hydrogen-bond donors (Lipinski definition) is 2. The summed E-state index contributed by atoms with van der Waals surface area (Å²) in [6.45, 7) is -0.555. The van der Waals surface area contributed by atoms with Crippen LogP contribution >= 0.6 is 0 Å². The molecule has 0 aliphatic rings. The Morgan fingerprint density at radius 1 is 0.864 bits per heavy atom. The standard InChI is InChI=1S/C15H11F3N2O2/c16-10-5-2-1-4-9(10)15(22)19-8-13(21)20-14-11(17)6-3-7-12(14)18/h1-7H,8H2,(H,19,22)(H,20,21). The van der Waals surface area contributed by atoms with E-state index in [1.165, 1.54) is 18.2 Å². The smallest absolute Gasteiger partial charge is 0.254 e. The molecule has 2 rings (SSSR count). The van der Waals surface area contributed by atoms with Crippen molar-refractivity contribution in [1.29, 1.82) is 0 Å². The predicted octanol–water partition coefficient (Wildman–Crippen LogP) is 2.47. The second kappa shape index (κ2) is 6.75. The average molecular weight is 308 g/mol. The van der Waals surface area contributed by atoms with Crippen molar-refractivity contribution < 1.29 is 22.8 Å². The second-order valence-corrected chi connectivity index (χ2v) is 4.31. The van der Waals surface area contributed by atoms with Crippen molar-refractivity contribution in [2.75, 3.05) is 11.9 Å². The normalized spacial score (nSPS) is 10.1. The number of para-hydroxylation sites is 1. The molecular formula is C15H11F3N2O2. The van der Waals surface area contributed by atoms with Gasteiger partial charge in [-0.05, 0) is 24.3 Å². The zero-order chi connectivity index (χ0) is 16.1. The molecule has 2 N–H and O–H groups in total. The average Bonchev–Trinajstić information content (AvgIpc) is 2.49. The summed E-state index contributed by atoms with van der Waals surface area (Å²) in [6.07, 6.45) is 0. The van der Waals surface area contributed by atoms with Crippen LogP contribution < -0.4 is 10.6 Å². The van der Waals surface area contributed by atoms with Crippen LogP contribution in [0.15, 0.2) is 42.5 Å². The van der Waals surface area contributed by atoms with Crippen molar-refractivity contribution in [3.05, 3.63) is 65.5 Å². The highest BCUT2D eigenvalue weighted by Gasteiger charge is 2.14. The van der Waals surface area contributed by atoms with Gasteiger partial charge < -0.3 is 10.6 Å². The maximum absolute atomic E-state index is 13.4. The number of nitrogens with one attached hydrogen (secondary N) is 2. The number of halogens is 3. The van der Waals surface area contributed by atoms with Gasteiger partial charge in [0.05, 0.1) is 12.1 Å². The minimum atomic E-state index is -0.936. The molecule has 0 aromatic heterocycles. The molecule has 7 heteroatoms. The lowest BCUT2D eigenvalue weighted by molar-refractivity contribution is -0.115. The van der Waals surface area contributed by atoms with Crippen molar-refractivity contribution in [3.8, 4) is 0 Å². The lowest BCUT2D eigenvalue weighted by Crippen LogP contribution is -2.33. The minimum absolute atomic E-state index is 0.229. The van der Waals surface area contributed by atoms with Crippen LogP contribution in [0.1, 0.15) is 10.4 Å². The Kier molecular flexibility index (Phi) is 4.77. The fourth-order valence-electron chi connectivity index (χ4n) is 1.70. The van der Waals surface area contributed by atoms with Gasteiger partial charge in [-0.3, -0.25) is 9.59 Å². The Morgan fingerprint density at radius 2 is 1.45 bits per heavy atom. The Hall–Kier alpha value is -2.83. The first-order valence-electron chi connectivity index (χ1n) is 6.25. The number of carbonyl (C=O) groups is 2. The molecule has 0 bridgehead atoms. The molecule has 0 unspecified atom stereocenters. The highest BCUT2D eigenvalue weighted by Crippen LogP contribution is 2.17. The van der Waals surface area contributed by atoms with E-state index in [2.05, 4.69) is 5.32 Å². The van der Waals surface area contributed by atoms with Crippen LogP contribution in [0.2, 0.25) is 0 Å². The number of hydrogen-bond acceptors (Lipinski definition) is 2. The summed E-state index contributed by atoms with van der Waals surface area (Å²) < 4.78 is 40.0. The molecule has 2 aromatic carbocycles. The first kappa shape index (κ1) is 15.6. The first-order valence-corrected chi connectivity index (χ1v) is 6.25. The molecule has 4 nitrogen and oxygen atoms in total. The first-order chi connectivity index (χ1) is 10.5. The summed E-state index contributed by atoms with van der Waals surface area (Å²) in [5.74, 6) is -4.25. The molecule has 0 spiro atoms. The molecule has 0 aliphatic carbocycles. The topological polar surface area (TPSA) is 58.2 Å². The van der Waals surface area contributed by atoms with Crippen molar-refractivity contribution in [2.24, 2.45) is 0 Å². The fourth-order valence-corrected chi connectivity index (χ4v) is 1.70. The van der Waals surface area contributed by atoms with Crippen LogP contribution in [-0.4, -0.2) is 18.4 Å². The minimum Gasteiger partial charge on any atom is -0.343 e. The van der Waals surface area contributed by atoms with Gasteiger partial charge in [-0.15, -0.1) is 0 Å². The van der Waals surface area contributed by atoms with E-state index in [0.29, 0.717) is 0 Å². The summed E-state index contributed by atoms with van der Waals surface area (Å²) in [6, 6.07) is 8.35. The molecule has 2 aromatic rings. The molecule has 0 radical (unpaired) electrons. The molecule has 0 fully saturated rings. The molecule has 0 aliphatic heterocycles.